The van der Waals surface area contributed by atoms with Crippen molar-refractivity contribution in [3.63, 3.8) is 0 Å². The molecule has 2 heterocycles. The SMILES string of the molecule is CC(C)Cn1c(SCc2nc3ccccc3c(=O)[nH]2)nnc1-c1ccccc1F. The first-order valence-corrected chi connectivity index (χ1v) is 10.3. The maximum atomic E-state index is 14.3. The normalized spacial score (nSPS) is 11.4. The van der Waals surface area contributed by atoms with Crippen molar-refractivity contribution in [1.82, 2.24) is 24.7 Å². The van der Waals surface area contributed by atoms with Crippen molar-refractivity contribution < 1.29 is 4.39 Å². The van der Waals surface area contributed by atoms with Gasteiger partial charge in [-0.3, -0.25) is 4.79 Å². The van der Waals surface area contributed by atoms with E-state index >= 15 is 0 Å². The van der Waals surface area contributed by atoms with Crippen LogP contribution in [0.3, 0.4) is 0 Å². The molecule has 0 aliphatic rings. The van der Waals surface area contributed by atoms with Crippen LogP contribution in [0.15, 0.2) is 58.5 Å². The van der Waals surface area contributed by atoms with Gasteiger partial charge >= 0.3 is 0 Å². The minimum Gasteiger partial charge on any atom is -0.309 e. The first-order valence-electron chi connectivity index (χ1n) is 9.31. The van der Waals surface area contributed by atoms with Crippen LogP contribution in [0.4, 0.5) is 4.39 Å². The summed E-state index contributed by atoms with van der Waals surface area (Å²) in [5.41, 5.74) is 0.911. The summed E-state index contributed by atoms with van der Waals surface area (Å²) < 4.78 is 16.2. The second-order valence-corrected chi connectivity index (χ2v) is 8.05. The van der Waals surface area contributed by atoms with Gasteiger partial charge in [-0.25, -0.2) is 9.37 Å². The fraction of sp³-hybridized carbons (Fsp3) is 0.238. The Morgan fingerprint density at radius 2 is 1.86 bits per heavy atom. The van der Waals surface area contributed by atoms with Crippen molar-refractivity contribution in [2.24, 2.45) is 5.92 Å². The second kappa shape index (κ2) is 8.16. The van der Waals surface area contributed by atoms with E-state index in [1.54, 1.807) is 24.3 Å². The van der Waals surface area contributed by atoms with E-state index in [-0.39, 0.29) is 11.4 Å². The standard InChI is InChI=1S/C21H20FN5OS/c1-13(2)11-27-19(14-7-3-5-9-16(14)22)25-26-21(27)29-12-18-23-17-10-6-4-8-15(17)20(28)24-18/h3-10,13H,11-12H2,1-2H3,(H,23,24,28). The average molecular weight is 409 g/mol. The zero-order valence-corrected chi connectivity index (χ0v) is 16.9. The van der Waals surface area contributed by atoms with Crippen LogP contribution in [0.1, 0.15) is 19.7 Å². The van der Waals surface area contributed by atoms with Crippen LogP contribution in [0, 0.1) is 11.7 Å². The van der Waals surface area contributed by atoms with Crippen molar-refractivity contribution in [1.29, 1.82) is 0 Å². The van der Waals surface area contributed by atoms with Gasteiger partial charge in [0.05, 0.1) is 22.2 Å². The van der Waals surface area contributed by atoms with Gasteiger partial charge in [0.25, 0.3) is 5.56 Å². The van der Waals surface area contributed by atoms with Crippen LogP contribution in [0.25, 0.3) is 22.3 Å². The number of nitrogens with one attached hydrogen (secondary N) is 1. The molecular formula is C21H20FN5OS. The molecule has 6 nitrogen and oxygen atoms in total. The maximum absolute atomic E-state index is 14.3. The summed E-state index contributed by atoms with van der Waals surface area (Å²) in [6.45, 7) is 4.82. The highest BCUT2D eigenvalue weighted by atomic mass is 32.2. The summed E-state index contributed by atoms with van der Waals surface area (Å²) in [5, 5.41) is 9.74. The molecule has 0 radical (unpaired) electrons. The van der Waals surface area contributed by atoms with Crippen LogP contribution in [0.2, 0.25) is 0 Å². The number of para-hydroxylation sites is 1. The molecule has 0 bridgehead atoms. The highest BCUT2D eigenvalue weighted by Gasteiger charge is 2.18. The van der Waals surface area contributed by atoms with Gasteiger partial charge in [0.1, 0.15) is 11.6 Å². The number of nitrogens with zero attached hydrogens (tertiary/aromatic N) is 4. The number of thioether (sulfide) groups is 1. The number of aromatic amines is 1. The van der Waals surface area contributed by atoms with Gasteiger partial charge in [-0.2, -0.15) is 0 Å². The highest BCUT2D eigenvalue weighted by Crippen LogP contribution is 2.28. The number of benzene rings is 2. The number of halogens is 1. The number of hydrogen-bond donors (Lipinski definition) is 1. The van der Waals surface area contributed by atoms with Crippen molar-refractivity contribution in [3.05, 3.63) is 70.5 Å². The van der Waals surface area contributed by atoms with E-state index in [9.17, 15) is 9.18 Å². The lowest BCUT2D eigenvalue weighted by Gasteiger charge is -2.12. The lowest BCUT2D eigenvalue weighted by molar-refractivity contribution is 0.496. The van der Waals surface area contributed by atoms with Crippen molar-refractivity contribution in [3.8, 4) is 11.4 Å². The minimum absolute atomic E-state index is 0.165. The fourth-order valence-corrected chi connectivity index (χ4v) is 3.92. The molecule has 0 atom stereocenters. The summed E-state index contributed by atoms with van der Waals surface area (Å²) in [6.07, 6.45) is 0. The average Bonchev–Trinajstić information content (AvgIpc) is 3.08. The molecule has 0 saturated carbocycles. The Bertz CT molecular complexity index is 1220. The van der Waals surface area contributed by atoms with Crippen LogP contribution in [-0.4, -0.2) is 24.7 Å². The zero-order chi connectivity index (χ0) is 20.4. The molecule has 0 amide bonds. The Morgan fingerprint density at radius 1 is 1.10 bits per heavy atom. The third-order valence-electron chi connectivity index (χ3n) is 4.38. The summed E-state index contributed by atoms with van der Waals surface area (Å²) in [5.74, 6) is 1.48. The molecule has 0 unspecified atom stereocenters. The number of H-pyrrole nitrogens is 1. The van der Waals surface area contributed by atoms with Crippen LogP contribution in [-0.2, 0) is 12.3 Å². The van der Waals surface area contributed by atoms with Gasteiger partial charge in [-0.1, -0.05) is 49.9 Å². The van der Waals surface area contributed by atoms with E-state index in [0.717, 1.165) is 0 Å². The molecule has 8 heteroatoms. The molecule has 4 aromatic rings. The molecular weight excluding hydrogens is 389 g/mol. The quantitative estimate of drug-likeness (QED) is 0.481. The Labute approximate surface area is 171 Å². The third-order valence-corrected chi connectivity index (χ3v) is 5.36. The molecule has 0 fully saturated rings. The lowest BCUT2D eigenvalue weighted by Crippen LogP contribution is -2.12. The Kier molecular flexibility index (Phi) is 5.44. The molecule has 0 aliphatic carbocycles. The molecule has 0 aliphatic heterocycles. The number of hydrogen-bond acceptors (Lipinski definition) is 5. The van der Waals surface area contributed by atoms with Gasteiger partial charge in [-0.15, -0.1) is 10.2 Å². The van der Waals surface area contributed by atoms with E-state index in [1.807, 2.05) is 22.8 Å². The van der Waals surface area contributed by atoms with E-state index in [0.29, 0.717) is 51.5 Å². The summed E-state index contributed by atoms with van der Waals surface area (Å²) in [7, 11) is 0. The minimum atomic E-state index is -0.331. The van der Waals surface area contributed by atoms with Gasteiger partial charge in [0.2, 0.25) is 0 Å². The fourth-order valence-electron chi connectivity index (χ4n) is 3.10. The molecule has 0 saturated heterocycles. The monoisotopic (exact) mass is 409 g/mol. The highest BCUT2D eigenvalue weighted by molar-refractivity contribution is 7.98. The van der Waals surface area contributed by atoms with E-state index in [4.69, 9.17) is 0 Å². The van der Waals surface area contributed by atoms with E-state index in [2.05, 4.69) is 34.0 Å². The predicted octanol–water partition coefficient (Wildman–Crippen LogP) is 4.27. The first-order chi connectivity index (χ1) is 14.0. The molecule has 1 N–H and O–H groups in total. The Balaban J connectivity index is 1.65. The smallest absolute Gasteiger partial charge is 0.258 e. The summed E-state index contributed by atoms with van der Waals surface area (Å²) in [6, 6.07) is 13.8. The van der Waals surface area contributed by atoms with Crippen molar-refractivity contribution >= 4 is 22.7 Å². The molecule has 148 valence electrons. The molecule has 0 spiro atoms. The number of fused-ring (bicyclic) bond motifs is 1. The maximum Gasteiger partial charge on any atom is 0.258 e. The topological polar surface area (TPSA) is 76.5 Å². The lowest BCUT2D eigenvalue weighted by atomic mass is 10.2. The van der Waals surface area contributed by atoms with Crippen molar-refractivity contribution in [2.45, 2.75) is 31.3 Å². The van der Waals surface area contributed by atoms with Crippen molar-refractivity contribution in [2.75, 3.05) is 0 Å². The van der Waals surface area contributed by atoms with Gasteiger partial charge in [0.15, 0.2) is 11.0 Å². The summed E-state index contributed by atoms with van der Waals surface area (Å²) in [4.78, 5) is 19.6. The molecule has 2 aromatic carbocycles. The summed E-state index contributed by atoms with van der Waals surface area (Å²) >= 11 is 1.42. The Hall–Kier alpha value is -3.00. The van der Waals surface area contributed by atoms with Crippen LogP contribution in [0.5, 0.6) is 0 Å². The molecule has 4 rings (SSSR count). The second-order valence-electron chi connectivity index (χ2n) is 7.11. The zero-order valence-electron chi connectivity index (χ0n) is 16.1. The molecule has 2 aromatic heterocycles. The van der Waals surface area contributed by atoms with E-state index < -0.39 is 0 Å². The molecule has 29 heavy (non-hydrogen) atoms. The van der Waals surface area contributed by atoms with Gasteiger partial charge in [0, 0.05) is 6.54 Å². The van der Waals surface area contributed by atoms with Crippen LogP contribution >= 0.6 is 11.8 Å². The number of rotatable bonds is 6. The first kappa shape index (κ1) is 19.3. The third kappa shape index (κ3) is 4.07. The van der Waals surface area contributed by atoms with Crippen LogP contribution < -0.4 is 5.56 Å². The largest absolute Gasteiger partial charge is 0.309 e. The van der Waals surface area contributed by atoms with E-state index in [1.165, 1.54) is 17.8 Å². The Morgan fingerprint density at radius 3 is 2.66 bits per heavy atom. The van der Waals surface area contributed by atoms with Gasteiger partial charge in [-0.05, 0) is 30.2 Å². The predicted molar refractivity (Wildman–Crippen MR) is 112 cm³/mol. The van der Waals surface area contributed by atoms with Gasteiger partial charge < -0.3 is 9.55 Å². The number of aromatic nitrogens is 5.